The van der Waals surface area contributed by atoms with Crippen LogP contribution in [0.3, 0.4) is 0 Å². The standard InChI is InChI=1S/C9H14O/c1-9(2)7-8(9)5-3-4-6-10/h3,5-6,8H,4,7H2,1-2H3/b5-3+. The molecule has 0 heterocycles. The van der Waals surface area contributed by atoms with Gasteiger partial charge in [0.1, 0.15) is 6.29 Å². The Hall–Kier alpha value is -0.590. The highest BCUT2D eigenvalue weighted by Crippen LogP contribution is 2.52. The van der Waals surface area contributed by atoms with Crippen LogP contribution in [0.1, 0.15) is 26.7 Å². The summed E-state index contributed by atoms with van der Waals surface area (Å²) in [6.45, 7) is 4.51. The first kappa shape index (κ1) is 7.52. The summed E-state index contributed by atoms with van der Waals surface area (Å²) in [5.74, 6) is 0.729. The van der Waals surface area contributed by atoms with Gasteiger partial charge in [0.25, 0.3) is 0 Å². The minimum absolute atomic E-state index is 0.513. The SMILES string of the molecule is CC1(C)CC1/C=C/CC=O. The fourth-order valence-electron chi connectivity index (χ4n) is 1.13. The molecule has 1 unspecified atom stereocenters. The zero-order valence-corrected chi connectivity index (χ0v) is 6.63. The van der Waals surface area contributed by atoms with Crippen LogP contribution in [0.4, 0.5) is 0 Å². The van der Waals surface area contributed by atoms with Crippen molar-refractivity contribution in [2.24, 2.45) is 11.3 Å². The van der Waals surface area contributed by atoms with Crippen LogP contribution in [0.2, 0.25) is 0 Å². The second kappa shape index (κ2) is 2.57. The maximum atomic E-state index is 9.92. The molecule has 0 spiro atoms. The summed E-state index contributed by atoms with van der Waals surface area (Å²) in [5, 5.41) is 0. The molecule has 1 aliphatic rings. The van der Waals surface area contributed by atoms with Gasteiger partial charge in [-0.25, -0.2) is 0 Å². The number of rotatable bonds is 3. The van der Waals surface area contributed by atoms with Crippen LogP contribution < -0.4 is 0 Å². The highest BCUT2D eigenvalue weighted by Gasteiger charge is 2.43. The molecule has 0 aromatic rings. The lowest BCUT2D eigenvalue weighted by molar-refractivity contribution is -0.107. The Morgan fingerprint density at radius 1 is 1.60 bits per heavy atom. The van der Waals surface area contributed by atoms with E-state index < -0.39 is 0 Å². The zero-order valence-electron chi connectivity index (χ0n) is 6.63. The van der Waals surface area contributed by atoms with Crippen molar-refractivity contribution in [3.8, 4) is 0 Å². The smallest absolute Gasteiger partial charge is 0.123 e. The fourth-order valence-corrected chi connectivity index (χ4v) is 1.13. The lowest BCUT2D eigenvalue weighted by Gasteiger charge is -1.94. The Morgan fingerprint density at radius 3 is 2.60 bits per heavy atom. The number of hydrogen-bond acceptors (Lipinski definition) is 1. The van der Waals surface area contributed by atoms with Gasteiger partial charge in [0.2, 0.25) is 0 Å². The third kappa shape index (κ3) is 1.69. The molecule has 1 heteroatoms. The Bertz CT molecular complexity index is 156. The van der Waals surface area contributed by atoms with E-state index in [0.717, 1.165) is 12.2 Å². The summed E-state index contributed by atoms with van der Waals surface area (Å²) in [6.07, 6.45) is 6.92. The maximum Gasteiger partial charge on any atom is 0.123 e. The summed E-state index contributed by atoms with van der Waals surface area (Å²) in [4.78, 5) is 9.92. The molecular weight excluding hydrogens is 124 g/mol. The zero-order chi connectivity index (χ0) is 7.61. The predicted molar refractivity (Wildman–Crippen MR) is 41.7 cm³/mol. The molecule has 10 heavy (non-hydrogen) atoms. The molecule has 1 nitrogen and oxygen atoms in total. The van der Waals surface area contributed by atoms with Crippen LogP contribution >= 0.6 is 0 Å². The molecule has 0 saturated heterocycles. The molecule has 1 atom stereocenters. The highest BCUT2D eigenvalue weighted by molar-refractivity contribution is 5.51. The number of carbonyl (C=O) groups excluding carboxylic acids is 1. The molecule has 0 bridgehead atoms. The Morgan fingerprint density at radius 2 is 2.20 bits per heavy atom. The molecule has 1 rings (SSSR count). The van der Waals surface area contributed by atoms with E-state index in [-0.39, 0.29) is 0 Å². The lowest BCUT2D eigenvalue weighted by atomic mass is 10.1. The van der Waals surface area contributed by atoms with Crippen molar-refractivity contribution in [3.05, 3.63) is 12.2 Å². The van der Waals surface area contributed by atoms with Gasteiger partial charge in [-0.1, -0.05) is 26.0 Å². The van der Waals surface area contributed by atoms with Gasteiger partial charge in [0, 0.05) is 6.42 Å². The summed E-state index contributed by atoms with van der Waals surface area (Å²) in [6, 6.07) is 0. The quantitative estimate of drug-likeness (QED) is 0.431. The van der Waals surface area contributed by atoms with Crippen LogP contribution in [-0.4, -0.2) is 6.29 Å². The van der Waals surface area contributed by atoms with E-state index in [4.69, 9.17) is 0 Å². The normalized spacial score (nSPS) is 28.8. The van der Waals surface area contributed by atoms with Crippen LogP contribution in [-0.2, 0) is 4.79 Å². The molecule has 0 amide bonds. The van der Waals surface area contributed by atoms with Crippen LogP contribution in [0, 0.1) is 11.3 Å². The summed E-state index contributed by atoms with van der Waals surface area (Å²) in [5.41, 5.74) is 0.513. The first-order chi connectivity index (χ1) is 4.67. The topological polar surface area (TPSA) is 17.1 Å². The van der Waals surface area contributed by atoms with Crippen molar-refractivity contribution in [3.63, 3.8) is 0 Å². The van der Waals surface area contributed by atoms with Crippen LogP contribution in [0.15, 0.2) is 12.2 Å². The van der Waals surface area contributed by atoms with Crippen molar-refractivity contribution < 1.29 is 4.79 Å². The molecule has 0 aromatic heterocycles. The molecule has 1 fully saturated rings. The summed E-state index contributed by atoms with van der Waals surface area (Å²) < 4.78 is 0. The van der Waals surface area contributed by atoms with E-state index in [2.05, 4.69) is 19.9 Å². The van der Waals surface area contributed by atoms with Gasteiger partial charge in [-0.3, -0.25) is 0 Å². The fraction of sp³-hybridized carbons (Fsp3) is 0.667. The molecule has 56 valence electrons. The summed E-state index contributed by atoms with van der Waals surface area (Å²) >= 11 is 0. The molecule has 0 aromatic carbocycles. The average Bonchev–Trinajstić information content (AvgIpc) is 2.41. The largest absolute Gasteiger partial charge is 0.303 e. The van der Waals surface area contributed by atoms with Gasteiger partial charge < -0.3 is 4.79 Å². The van der Waals surface area contributed by atoms with Crippen molar-refractivity contribution in [1.29, 1.82) is 0 Å². The van der Waals surface area contributed by atoms with E-state index in [1.807, 2.05) is 6.08 Å². The number of hydrogen-bond donors (Lipinski definition) is 0. The Labute approximate surface area is 62.1 Å². The molecule has 0 aliphatic heterocycles. The van der Waals surface area contributed by atoms with Crippen molar-refractivity contribution in [2.75, 3.05) is 0 Å². The molecule has 1 aliphatic carbocycles. The number of allylic oxidation sites excluding steroid dienone is 2. The van der Waals surface area contributed by atoms with Crippen molar-refractivity contribution in [1.82, 2.24) is 0 Å². The first-order valence-electron chi connectivity index (χ1n) is 3.77. The maximum absolute atomic E-state index is 9.92. The Balaban J connectivity index is 2.23. The lowest BCUT2D eigenvalue weighted by Crippen LogP contribution is -1.85. The highest BCUT2D eigenvalue weighted by atomic mass is 16.1. The second-order valence-electron chi connectivity index (χ2n) is 3.63. The second-order valence-corrected chi connectivity index (χ2v) is 3.63. The van der Waals surface area contributed by atoms with Gasteiger partial charge in [0.05, 0.1) is 0 Å². The van der Waals surface area contributed by atoms with Gasteiger partial charge in [0.15, 0.2) is 0 Å². The van der Waals surface area contributed by atoms with Crippen molar-refractivity contribution in [2.45, 2.75) is 26.7 Å². The van der Waals surface area contributed by atoms with Gasteiger partial charge in [-0.2, -0.15) is 0 Å². The predicted octanol–water partition coefficient (Wildman–Crippen LogP) is 2.18. The average molecular weight is 138 g/mol. The minimum atomic E-state index is 0.513. The third-order valence-corrected chi connectivity index (χ3v) is 2.19. The molecule has 0 N–H and O–H groups in total. The van der Waals surface area contributed by atoms with Crippen molar-refractivity contribution >= 4 is 6.29 Å². The van der Waals surface area contributed by atoms with Gasteiger partial charge >= 0.3 is 0 Å². The van der Waals surface area contributed by atoms with E-state index in [9.17, 15) is 4.79 Å². The van der Waals surface area contributed by atoms with E-state index in [0.29, 0.717) is 11.8 Å². The monoisotopic (exact) mass is 138 g/mol. The van der Waals surface area contributed by atoms with E-state index in [1.54, 1.807) is 0 Å². The minimum Gasteiger partial charge on any atom is -0.303 e. The van der Waals surface area contributed by atoms with E-state index in [1.165, 1.54) is 6.42 Å². The van der Waals surface area contributed by atoms with Gasteiger partial charge in [-0.05, 0) is 17.8 Å². The number of carbonyl (C=O) groups is 1. The number of aldehydes is 1. The van der Waals surface area contributed by atoms with Gasteiger partial charge in [-0.15, -0.1) is 0 Å². The first-order valence-corrected chi connectivity index (χ1v) is 3.77. The van der Waals surface area contributed by atoms with Crippen LogP contribution in [0.25, 0.3) is 0 Å². The molecular formula is C9H14O. The summed E-state index contributed by atoms with van der Waals surface area (Å²) in [7, 11) is 0. The Kier molecular flexibility index (Phi) is 1.93. The third-order valence-electron chi connectivity index (χ3n) is 2.19. The molecule has 1 saturated carbocycles. The van der Waals surface area contributed by atoms with Crippen LogP contribution in [0.5, 0.6) is 0 Å². The molecule has 0 radical (unpaired) electrons. The van der Waals surface area contributed by atoms with E-state index >= 15 is 0 Å².